The molecule has 1 heterocycles. The van der Waals surface area contributed by atoms with Gasteiger partial charge >= 0.3 is 17.9 Å². The van der Waals surface area contributed by atoms with Gasteiger partial charge in [-0.3, -0.25) is 28.8 Å². The minimum absolute atomic E-state index is 0.0849. The van der Waals surface area contributed by atoms with E-state index in [-0.39, 0.29) is 19.8 Å². The summed E-state index contributed by atoms with van der Waals surface area (Å²) in [5.41, 5.74) is 0. The summed E-state index contributed by atoms with van der Waals surface area (Å²) in [6, 6.07) is -1.95. The molecule has 1 aliphatic heterocycles. The standard InChI is InChI=1S/C19H29N3O10/c1-9(23)21-14-7-30-16(18(32-13(5)27)17(14)31-12(4)26)6-20-19(28)15(22-10(2)24)8-29-11(3)25/h14-18H,6-8H2,1-5H3,(H,20,28)(H,21,23)(H,22,24)/t14-,15?,16?,17?,18+/m1/s1. The molecule has 0 aromatic heterocycles. The number of nitrogens with one attached hydrogen (secondary N) is 3. The molecule has 5 atom stereocenters. The van der Waals surface area contributed by atoms with Gasteiger partial charge in [0.1, 0.15) is 18.8 Å². The lowest BCUT2D eigenvalue weighted by molar-refractivity contribution is -0.199. The highest BCUT2D eigenvalue weighted by molar-refractivity contribution is 5.87. The number of hydrogen-bond donors (Lipinski definition) is 3. The van der Waals surface area contributed by atoms with Crippen LogP contribution in [0.3, 0.4) is 0 Å². The van der Waals surface area contributed by atoms with Crippen LogP contribution in [0.4, 0.5) is 0 Å². The molecular weight excluding hydrogens is 430 g/mol. The Morgan fingerprint density at radius 1 is 0.875 bits per heavy atom. The average molecular weight is 459 g/mol. The van der Waals surface area contributed by atoms with Gasteiger partial charge in [0.2, 0.25) is 17.7 Å². The van der Waals surface area contributed by atoms with Crippen LogP contribution in [-0.2, 0) is 47.7 Å². The minimum atomic E-state index is -1.16. The molecule has 3 amide bonds. The maximum absolute atomic E-state index is 12.5. The quantitative estimate of drug-likeness (QED) is 0.257. The van der Waals surface area contributed by atoms with Gasteiger partial charge in [0.05, 0.1) is 12.6 Å². The van der Waals surface area contributed by atoms with Gasteiger partial charge in [0.15, 0.2) is 12.2 Å². The van der Waals surface area contributed by atoms with E-state index >= 15 is 0 Å². The summed E-state index contributed by atoms with van der Waals surface area (Å²) in [6.07, 6.45) is -3.15. The number of esters is 3. The highest BCUT2D eigenvalue weighted by atomic mass is 16.6. The van der Waals surface area contributed by atoms with Crippen molar-refractivity contribution in [3.63, 3.8) is 0 Å². The monoisotopic (exact) mass is 459 g/mol. The largest absolute Gasteiger partial charge is 0.463 e. The first-order valence-electron chi connectivity index (χ1n) is 9.82. The van der Waals surface area contributed by atoms with E-state index in [4.69, 9.17) is 18.9 Å². The fourth-order valence-electron chi connectivity index (χ4n) is 3.05. The molecule has 0 radical (unpaired) electrons. The molecular formula is C19H29N3O10. The number of carbonyl (C=O) groups is 6. The molecule has 1 rings (SSSR count). The lowest BCUT2D eigenvalue weighted by Crippen LogP contribution is -2.63. The number of rotatable bonds is 9. The van der Waals surface area contributed by atoms with Crippen molar-refractivity contribution in [2.75, 3.05) is 19.8 Å². The van der Waals surface area contributed by atoms with Gasteiger partial charge in [-0.05, 0) is 0 Å². The summed E-state index contributed by atoms with van der Waals surface area (Å²) < 4.78 is 21.0. The van der Waals surface area contributed by atoms with Crippen LogP contribution < -0.4 is 16.0 Å². The smallest absolute Gasteiger partial charge is 0.303 e. The number of amides is 3. The van der Waals surface area contributed by atoms with Crippen LogP contribution >= 0.6 is 0 Å². The van der Waals surface area contributed by atoms with Crippen LogP contribution in [-0.4, -0.2) is 85.8 Å². The normalized spacial score (nSPS) is 23.2. The van der Waals surface area contributed by atoms with Gasteiger partial charge in [0.25, 0.3) is 0 Å². The molecule has 0 aromatic carbocycles. The van der Waals surface area contributed by atoms with Crippen LogP contribution in [0.25, 0.3) is 0 Å². The third-order valence-corrected chi connectivity index (χ3v) is 4.19. The van der Waals surface area contributed by atoms with Crippen molar-refractivity contribution in [1.82, 2.24) is 16.0 Å². The second kappa shape index (κ2) is 12.6. The first kappa shape index (κ1) is 26.8. The van der Waals surface area contributed by atoms with Gasteiger partial charge in [-0.1, -0.05) is 0 Å². The molecule has 0 spiro atoms. The molecule has 0 aliphatic carbocycles. The van der Waals surface area contributed by atoms with Crippen molar-refractivity contribution in [1.29, 1.82) is 0 Å². The summed E-state index contributed by atoms with van der Waals surface area (Å²) in [4.78, 5) is 69.6. The van der Waals surface area contributed by atoms with Gasteiger partial charge < -0.3 is 34.9 Å². The Balaban J connectivity index is 2.97. The van der Waals surface area contributed by atoms with Gasteiger partial charge in [-0.2, -0.15) is 0 Å². The molecule has 0 bridgehead atoms. The molecule has 1 aliphatic rings. The minimum Gasteiger partial charge on any atom is -0.463 e. The average Bonchev–Trinajstić information content (AvgIpc) is 2.65. The molecule has 1 saturated heterocycles. The van der Waals surface area contributed by atoms with Crippen LogP contribution in [0.15, 0.2) is 0 Å². The summed E-state index contributed by atoms with van der Waals surface area (Å²) in [5, 5.41) is 7.46. The predicted octanol–water partition coefficient (Wildman–Crippen LogP) is -2.06. The zero-order chi connectivity index (χ0) is 24.4. The van der Waals surface area contributed by atoms with Crippen molar-refractivity contribution in [3.8, 4) is 0 Å². The van der Waals surface area contributed by atoms with Crippen LogP contribution in [0.2, 0.25) is 0 Å². The van der Waals surface area contributed by atoms with E-state index in [1.807, 2.05) is 0 Å². The Morgan fingerprint density at radius 3 is 1.97 bits per heavy atom. The van der Waals surface area contributed by atoms with Gasteiger partial charge in [-0.15, -0.1) is 0 Å². The molecule has 1 fully saturated rings. The topological polar surface area (TPSA) is 175 Å². The molecule has 180 valence electrons. The lowest BCUT2D eigenvalue weighted by atomic mass is 9.97. The van der Waals surface area contributed by atoms with Crippen molar-refractivity contribution >= 4 is 35.6 Å². The van der Waals surface area contributed by atoms with Crippen molar-refractivity contribution < 1.29 is 47.7 Å². The van der Waals surface area contributed by atoms with Crippen LogP contribution in [0.1, 0.15) is 34.6 Å². The van der Waals surface area contributed by atoms with E-state index in [0.717, 1.165) is 20.8 Å². The van der Waals surface area contributed by atoms with Crippen molar-refractivity contribution in [2.24, 2.45) is 0 Å². The first-order valence-corrected chi connectivity index (χ1v) is 9.82. The highest BCUT2D eigenvalue weighted by Crippen LogP contribution is 2.22. The molecule has 3 N–H and O–H groups in total. The van der Waals surface area contributed by atoms with E-state index in [1.165, 1.54) is 13.8 Å². The Morgan fingerprint density at radius 2 is 1.47 bits per heavy atom. The van der Waals surface area contributed by atoms with Gasteiger partial charge in [-0.25, -0.2) is 0 Å². The van der Waals surface area contributed by atoms with Crippen molar-refractivity contribution in [2.45, 2.75) is 65.0 Å². The summed E-state index contributed by atoms with van der Waals surface area (Å²) >= 11 is 0. The Bertz CT molecular complexity index is 741. The Hall–Kier alpha value is -3.22. The zero-order valence-electron chi connectivity index (χ0n) is 18.6. The second-order valence-corrected chi connectivity index (χ2v) is 7.13. The number of carbonyl (C=O) groups excluding carboxylic acids is 6. The van der Waals surface area contributed by atoms with E-state index in [0.29, 0.717) is 0 Å². The fraction of sp³-hybridized carbons (Fsp3) is 0.684. The Labute approximate surface area is 184 Å². The number of ether oxygens (including phenoxy) is 4. The van der Waals surface area contributed by atoms with E-state index in [1.54, 1.807) is 0 Å². The molecule has 13 nitrogen and oxygen atoms in total. The van der Waals surface area contributed by atoms with Gasteiger partial charge in [0, 0.05) is 41.2 Å². The molecule has 0 aromatic rings. The molecule has 3 unspecified atom stereocenters. The lowest BCUT2D eigenvalue weighted by Gasteiger charge is -2.41. The Kier molecular flexibility index (Phi) is 10.5. The second-order valence-electron chi connectivity index (χ2n) is 7.13. The van der Waals surface area contributed by atoms with Crippen molar-refractivity contribution in [3.05, 3.63) is 0 Å². The first-order chi connectivity index (χ1) is 14.9. The number of hydrogen-bond acceptors (Lipinski definition) is 10. The van der Waals surface area contributed by atoms with Crippen LogP contribution in [0, 0.1) is 0 Å². The zero-order valence-corrected chi connectivity index (χ0v) is 18.6. The van der Waals surface area contributed by atoms with E-state index in [2.05, 4.69) is 16.0 Å². The maximum Gasteiger partial charge on any atom is 0.303 e. The molecule has 32 heavy (non-hydrogen) atoms. The SMILES string of the molecule is CC(=O)NC(COC(C)=O)C(=O)NCC1OC[C@@H](NC(C)=O)C(OC(C)=O)[C@H]1OC(C)=O. The highest BCUT2D eigenvalue weighted by Gasteiger charge is 2.45. The van der Waals surface area contributed by atoms with E-state index in [9.17, 15) is 28.8 Å². The third kappa shape index (κ3) is 9.29. The van der Waals surface area contributed by atoms with Crippen LogP contribution in [0.5, 0.6) is 0 Å². The maximum atomic E-state index is 12.5. The third-order valence-electron chi connectivity index (χ3n) is 4.19. The summed E-state index contributed by atoms with van der Waals surface area (Å²) in [5.74, 6) is -3.60. The summed E-state index contributed by atoms with van der Waals surface area (Å²) in [6.45, 7) is 5.26. The van der Waals surface area contributed by atoms with E-state index < -0.39 is 66.0 Å². The predicted molar refractivity (Wildman–Crippen MR) is 106 cm³/mol. The molecule has 13 heteroatoms. The fourth-order valence-corrected chi connectivity index (χ4v) is 3.05. The summed E-state index contributed by atoms with van der Waals surface area (Å²) in [7, 11) is 0. The molecule has 0 saturated carbocycles.